The first-order valence-electron chi connectivity index (χ1n) is 5.07. The molecular weight excluding hydrogens is 186 g/mol. The van der Waals surface area contributed by atoms with Gasteiger partial charge in [-0.25, -0.2) is 0 Å². The Morgan fingerprint density at radius 3 is 2.46 bits per heavy atom. The number of carbonyl (C=O) groups excluding carboxylic acids is 1. The van der Waals surface area contributed by atoms with Gasteiger partial charge in [0.25, 0.3) is 0 Å². The molecule has 3 heteroatoms. The number of Topliss-reactive ketones (excluding diaryl/α,β-unsaturated/α-hetero) is 1. The van der Waals surface area contributed by atoms with Crippen LogP contribution in [0.2, 0.25) is 0 Å². The highest BCUT2D eigenvalue weighted by Crippen LogP contribution is 2.07. The maximum Gasteiger partial charge on any atom is 0.146 e. The third-order valence-corrected chi connectivity index (χ3v) is 2.41. The Labute approximate surface area is 87.1 Å². The average molecular weight is 206 g/mol. The van der Waals surface area contributed by atoms with Crippen molar-refractivity contribution >= 4 is 18.2 Å². The summed E-state index contributed by atoms with van der Waals surface area (Å²) in [6.45, 7) is 5.11. The first-order chi connectivity index (χ1) is 5.83. The molecule has 0 N–H and O–H groups in total. The Morgan fingerprint density at radius 1 is 1.31 bits per heavy atom. The Bertz CT molecular complexity index is 144. The summed E-state index contributed by atoms with van der Waals surface area (Å²) in [6.07, 6.45) is 5.54. The number of hydrogen-bond donors (Lipinski definition) is 0. The number of carbonyl (C=O) groups is 1. The van der Waals surface area contributed by atoms with Crippen molar-refractivity contribution in [1.82, 2.24) is 4.90 Å². The Balaban J connectivity index is 0.00000144. The van der Waals surface area contributed by atoms with Crippen LogP contribution < -0.4 is 0 Å². The van der Waals surface area contributed by atoms with Crippen LogP contribution in [0, 0.1) is 0 Å². The van der Waals surface area contributed by atoms with Crippen LogP contribution in [0.5, 0.6) is 0 Å². The van der Waals surface area contributed by atoms with Gasteiger partial charge in [0.05, 0.1) is 6.54 Å². The van der Waals surface area contributed by atoms with Crippen molar-refractivity contribution in [2.45, 2.75) is 39.0 Å². The molecule has 0 saturated carbocycles. The minimum atomic E-state index is 0. The van der Waals surface area contributed by atoms with E-state index in [9.17, 15) is 4.79 Å². The molecule has 0 aromatic heterocycles. The van der Waals surface area contributed by atoms with Crippen molar-refractivity contribution in [2.75, 3.05) is 19.6 Å². The smallest absolute Gasteiger partial charge is 0.146 e. The molecule has 1 rings (SSSR count). The monoisotopic (exact) mass is 205 g/mol. The molecule has 2 nitrogen and oxygen atoms in total. The lowest BCUT2D eigenvalue weighted by atomic mass is 10.2. The Kier molecular flexibility index (Phi) is 7.29. The molecule has 0 amide bonds. The van der Waals surface area contributed by atoms with Crippen LogP contribution in [-0.2, 0) is 4.79 Å². The molecule has 1 fully saturated rings. The van der Waals surface area contributed by atoms with E-state index in [0.717, 1.165) is 32.4 Å². The summed E-state index contributed by atoms with van der Waals surface area (Å²) in [5.74, 6) is 0.429. The normalized spacial score (nSPS) is 17.0. The van der Waals surface area contributed by atoms with Crippen LogP contribution in [0.3, 0.4) is 0 Å². The van der Waals surface area contributed by atoms with E-state index >= 15 is 0 Å². The minimum Gasteiger partial charge on any atom is -0.298 e. The van der Waals surface area contributed by atoms with E-state index < -0.39 is 0 Å². The van der Waals surface area contributed by atoms with Crippen molar-refractivity contribution in [2.24, 2.45) is 0 Å². The number of nitrogens with zero attached hydrogens (tertiary/aromatic N) is 1. The summed E-state index contributed by atoms with van der Waals surface area (Å²) in [6, 6.07) is 0. The molecule has 1 aliphatic heterocycles. The first-order valence-corrected chi connectivity index (χ1v) is 5.07. The first kappa shape index (κ1) is 12.9. The number of unbranched alkanes of at least 4 members (excludes halogenated alkanes) is 1. The molecule has 13 heavy (non-hydrogen) atoms. The second-order valence-electron chi connectivity index (χ2n) is 3.63. The van der Waals surface area contributed by atoms with Gasteiger partial charge < -0.3 is 0 Å². The molecule has 78 valence electrons. The van der Waals surface area contributed by atoms with E-state index in [2.05, 4.69) is 11.8 Å². The van der Waals surface area contributed by atoms with E-state index in [4.69, 9.17) is 0 Å². The fraction of sp³-hybridized carbons (Fsp3) is 0.900. The second kappa shape index (κ2) is 7.34. The molecule has 0 aliphatic carbocycles. The predicted molar refractivity (Wildman–Crippen MR) is 57.5 cm³/mol. The fourth-order valence-electron chi connectivity index (χ4n) is 1.64. The van der Waals surface area contributed by atoms with Gasteiger partial charge >= 0.3 is 0 Å². The van der Waals surface area contributed by atoms with Gasteiger partial charge in [-0.05, 0) is 32.4 Å². The maximum absolute atomic E-state index is 11.3. The fourth-order valence-corrected chi connectivity index (χ4v) is 1.64. The van der Waals surface area contributed by atoms with E-state index in [1.165, 1.54) is 12.8 Å². The number of ketones is 1. The molecule has 0 bridgehead atoms. The lowest BCUT2D eigenvalue weighted by Gasteiger charge is -2.12. The van der Waals surface area contributed by atoms with Crippen molar-refractivity contribution in [3.8, 4) is 0 Å². The van der Waals surface area contributed by atoms with E-state index in [1.54, 1.807) is 0 Å². The van der Waals surface area contributed by atoms with Crippen molar-refractivity contribution in [1.29, 1.82) is 0 Å². The summed E-state index contributed by atoms with van der Waals surface area (Å²) in [5.41, 5.74) is 0. The molecule has 0 aromatic rings. The molecule has 0 radical (unpaired) electrons. The van der Waals surface area contributed by atoms with Crippen LogP contribution >= 0.6 is 12.4 Å². The topological polar surface area (TPSA) is 20.3 Å². The SMILES string of the molecule is CCCCC(=O)CN1CCCC1.Cl. The lowest BCUT2D eigenvalue weighted by molar-refractivity contribution is -0.120. The molecule has 0 atom stereocenters. The van der Waals surface area contributed by atoms with Gasteiger partial charge in [-0.1, -0.05) is 13.3 Å². The van der Waals surface area contributed by atoms with Gasteiger partial charge in [0.2, 0.25) is 0 Å². The maximum atomic E-state index is 11.3. The third kappa shape index (κ3) is 5.27. The van der Waals surface area contributed by atoms with Gasteiger partial charge in [0.15, 0.2) is 0 Å². The van der Waals surface area contributed by atoms with Gasteiger partial charge in [-0.3, -0.25) is 9.69 Å². The number of rotatable bonds is 5. The number of likely N-dealkylation sites (tertiary alicyclic amines) is 1. The van der Waals surface area contributed by atoms with Gasteiger partial charge in [-0.15, -0.1) is 12.4 Å². The van der Waals surface area contributed by atoms with Gasteiger partial charge in [0, 0.05) is 6.42 Å². The van der Waals surface area contributed by atoms with Crippen LogP contribution in [0.25, 0.3) is 0 Å². The second-order valence-corrected chi connectivity index (χ2v) is 3.63. The van der Waals surface area contributed by atoms with Crippen molar-refractivity contribution < 1.29 is 4.79 Å². The third-order valence-electron chi connectivity index (χ3n) is 2.41. The largest absolute Gasteiger partial charge is 0.298 e. The zero-order chi connectivity index (χ0) is 8.81. The lowest BCUT2D eigenvalue weighted by Crippen LogP contribution is -2.26. The van der Waals surface area contributed by atoms with E-state index in [0.29, 0.717) is 12.3 Å². The molecule has 1 heterocycles. The van der Waals surface area contributed by atoms with Crippen molar-refractivity contribution in [3.63, 3.8) is 0 Å². The molecule has 0 spiro atoms. The predicted octanol–water partition coefficient (Wildman–Crippen LogP) is 2.26. The van der Waals surface area contributed by atoms with Gasteiger partial charge in [-0.2, -0.15) is 0 Å². The molecule has 0 aromatic carbocycles. The highest BCUT2D eigenvalue weighted by Gasteiger charge is 2.14. The summed E-state index contributed by atoms with van der Waals surface area (Å²) in [4.78, 5) is 13.6. The summed E-state index contributed by atoms with van der Waals surface area (Å²) >= 11 is 0. The van der Waals surface area contributed by atoms with E-state index in [1.807, 2.05) is 0 Å². The highest BCUT2D eigenvalue weighted by molar-refractivity contribution is 5.85. The molecule has 1 saturated heterocycles. The molecule has 1 aliphatic rings. The Morgan fingerprint density at radius 2 is 1.92 bits per heavy atom. The summed E-state index contributed by atoms with van der Waals surface area (Å²) in [7, 11) is 0. The average Bonchev–Trinajstić information content (AvgIpc) is 2.53. The Hall–Kier alpha value is -0.0800. The zero-order valence-corrected chi connectivity index (χ0v) is 9.24. The summed E-state index contributed by atoms with van der Waals surface area (Å²) < 4.78 is 0. The number of halogens is 1. The molecule has 0 unspecified atom stereocenters. The van der Waals surface area contributed by atoms with Crippen LogP contribution in [0.15, 0.2) is 0 Å². The zero-order valence-electron chi connectivity index (χ0n) is 8.42. The van der Waals surface area contributed by atoms with Crippen LogP contribution in [0.1, 0.15) is 39.0 Å². The van der Waals surface area contributed by atoms with Crippen LogP contribution in [0.4, 0.5) is 0 Å². The van der Waals surface area contributed by atoms with Crippen LogP contribution in [-0.4, -0.2) is 30.3 Å². The summed E-state index contributed by atoms with van der Waals surface area (Å²) in [5, 5.41) is 0. The number of hydrogen-bond acceptors (Lipinski definition) is 2. The minimum absolute atomic E-state index is 0. The van der Waals surface area contributed by atoms with Gasteiger partial charge in [0.1, 0.15) is 5.78 Å². The molecular formula is C10H20ClNO. The highest BCUT2D eigenvalue weighted by atomic mass is 35.5. The standard InChI is InChI=1S/C10H19NO.ClH/c1-2-3-6-10(12)9-11-7-4-5-8-11;/h2-9H2,1H3;1H. The quantitative estimate of drug-likeness (QED) is 0.687. The van der Waals surface area contributed by atoms with E-state index in [-0.39, 0.29) is 12.4 Å². The van der Waals surface area contributed by atoms with Crippen molar-refractivity contribution in [3.05, 3.63) is 0 Å².